The van der Waals surface area contributed by atoms with Crippen molar-refractivity contribution < 1.29 is 32.6 Å². The number of carbonyl (C=O) groups is 3. The minimum Gasteiger partial charge on any atom is -0.489 e. The van der Waals surface area contributed by atoms with Crippen LogP contribution in [0.4, 0.5) is 8.78 Å². The number of pyridine rings is 1. The molecule has 2 aromatic rings. The molecule has 1 unspecified atom stereocenters. The summed E-state index contributed by atoms with van der Waals surface area (Å²) in [6.07, 6.45) is 4.60. The monoisotopic (exact) mass is 570 g/mol. The maximum atomic E-state index is 13.2. The third kappa shape index (κ3) is 7.51. The quantitative estimate of drug-likeness (QED) is 0.399. The van der Waals surface area contributed by atoms with Crippen molar-refractivity contribution >= 4 is 17.7 Å². The lowest BCUT2D eigenvalue weighted by Gasteiger charge is -2.27. The smallest absolute Gasteiger partial charge is 0.387 e. The molecule has 1 aromatic carbocycles. The standard InChI is InChI=1S/C30H36F2N4O5/c1-17(28(38)33-14-23-4-3-5-24(34-23)29(39)35-22-9-10-22)25-12-21(15-36(25)18(2)37)20-8-11-26(41-30(31)32)27(13-20)40-16-19-6-7-19/h3-5,8,11,13,17,19,21-22,25,30H,6-7,9-10,12,14-16H2,1-2H3,(H,33,38)(H,35,39)/t17-,21?,25-/m1/s1. The molecular weight excluding hydrogens is 534 g/mol. The summed E-state index contributed by atoms with van der Waals surface area (Å²) in [7, 11) is 0. The van der Waals surface area contributed by atoms with Gasteiger partial charge in [0.05, 0.1) is 24.8 Å². The van der Waals surface area contributed by atoms with Gasteiger partial charge in [-0.1, -0.05) is 19.1 Å². The summed E-state index contributed by atoms with van der Waals surface area (Å²) in [5.41, 5.74) is 1.71. The van der Waals surface area contributed by atoms with Crippen LogP contribution in [-0.2, 0) is 16.1 Å². The number of amides is 3. The molecule has 1 aliphatic heterocycles. The van der Waals surface area contributed by atoms with Crippen LogP contribution in [0.3, 0.4) is 0 Å². The van der Waals surface area contributed by atoms with E-state index < -0.39 is 12.5 Å². The van der Waals surface area contributed by atoms with E-state index in [9.17, 15) is 23.2 Å². The molecule has 2 heterocycles. The van der Waals surface area contributed by atoms with Crippen molar-refractivity contribution in [3.8, 4) is 11.5 Å². The van der Waals surface area contributed by atoms with Crippen LogP contribution in [0.2, 0.25) is 0 Å². The second-order valence-corrected chi connectivity index (χ2v) is 11.3. The molecule has 3 fully saturated rings. The van der Waals surface area contributed by atoms with Gasteiger partial charge in [0.1, 0.15) is 5.69 Å². The lowest BCUT2D eigenvalue weighted by atomic mass is 9.91. The van der Waals surface area contributed by atoms with E-state index in [-0.39, 0.29) is 53.8 Å². The van der Waals surface area contributed by atoms with E-state index in [0.717, 1.165) is 31.2 Å². The third-order valence-electron chi connectivity index (χ3n) is 7.96. The summed E-state index contributed by atoms with van der Waals surface area (Å²) in [5.74, 6) is -0.542. The Bertz CT molecular complexity index is 1280. The molecule has 220 valence electrons. The summed E-state index contributed by atoms with van der Waals surface area (Å²) in [5, 5.41) is 5.80. The Balaban J connectivity index is 1.23. The highest BCUT2D eigenvalue weighted by Gasteiger charge is 2.40. The predicted molar refractivity (Wildman–Crippen MR) is 146 cm³/mol. The van der Waals surface area contributed by atoms with E-state index in [0.29, 0.717) is 36.9 Å². The number of likely N-dealkylation sites (tertiary alicyclic amines) is 1. The maximum absolute atomic E-state index is 13.2. The average Bonchev–Trinajstić information content (AvgIpc) is 3.89. The van der Waals surface area contributed by atoms with Gasteiger partial charge in [-0.05, 0) is 67.9 Å². The van der Waals surface area contributed by atoms with Crippen molar-refractivity contribution in [2.75, 3.05) is 13.2 Å². The van der Waals surface area contributed by atoms with Crippen LogP contribution in [0.25, 0.3) is 0 Å². The van der Waals surface area contributed by atoms with Gasteiger partial charge in [-0.3, -0.25) is 14.4 Å². The number of nitrogens with zero attached hydrogens (tertiary/aromatic N) is 2. The first-order chi connectivity index (χ1) is 19.7. The molecule has 2 aliphatic carbocycles. The average molecular weight is 571 g/mol. The van der Waals surface area contributed by atoms with Crippen LogP contribution in [0.15, 0.2) is 36.4 Å². The molecule has 3 aliphatic rings. The van der Waals surface area contributed by atoms with Crippen LogP contribution in [0, 0.1) is 11.8 Å². The maximum Gasteiger partial charge on any atom is 0.387 e. The number of ether oxygens (including phenoxy) is 2. The number of carbonyl (C=O) groups excluding carboxylic acids is 3. The molecule has 2 saturated carbocycles. The van der Waals surface area contributed by atoms with Crippen LogP contribution in [-0.4, -0.2) is 59.5 Å². The van der Waals surface area contributed by atoms with Gasteiger partial charge in [0, 0.05) is 31.5 Å². The van der Waals surface area contributed by atoms with E-state index in [1.54, 1.807) is 42.2 Å². The first kappa shape index (κ1) is 28.8. The van der Waals surface area contributed by atoms with Crippen molar-refractivity contribution in [3.63, 3.8) is 0 Å². The Hall–Kier alpha value is -3.76. The fraction of sp³-hybridized carbons (Fsp3) is 0.533. The van der Waals surface area contributed by atoms with Crippen molar-refractivity contribution in [1.29, 1.82) is 0 Å². The van der Waals surface area contributed by atoms with Crippen molar-refractivity contribution in [3.05, 3.63) is 53.3 Å². The van der Waals surface area contributed by atoms with Gasteiger partial charge < -0.3 is 25.0 Å². The largest absolute Gasteiger partial charge is 0.489 e. The minimum atomic E-state index is -2.97. The molecule has 11 heteroatoms. The van der Waals surface area contributed by atoms with Crippen molar-refractivity contribution in [2.45, 2.75) is 77.1 Å². The second kappa shape index (κ2) is 12.4. The second-order valence-electron chi connectivity index (χ2n) is 11.3. The van der Waals surface area contributed by atoms with Crippen LogP contribution in [0.5, 0.6) is 11.5 Å². The fourth-order valence-electron chi connectivity index (χ4n) is 5.23. The van der Waals surface area contributed by atoms with Gasteiger partial charge in [-0.2, -0.15) is 8.78 Å². The molecule has 5 rings (SSSR count). The summed E-state index contributed by atoms with van der Waals surface area (Å²) >= 11 is 0. The number of halogens is 2. The number of benzene rings is 1. The molecular formula is C30H36F2N4O5. The Labute approximate surface area is 238 Å². The van der Waals surface area contributed by atoms with Gasteiger partial charge in [-0.15, -0.1) is 0 Å². The van der Waals surface area contributed by atoms with Crippen molar-refractivity contribution in [1.82, 2.24) is 20.5 Å². The Morgan fingerprint density at radius 2 is 1.88 bits per heavy atom. The topological polar surface area (TPSA) is 110 Å². The zero-order valence-corrected chi connectivity index (χ0v) is 23.3. The number of nitrogens with one attached hydrogen (secondary N) is 2. The highest BCUT2D eigenvalue weighted by molar-refractivity contribution is 5.92. The molecule has 3 atom stereocenters. The molecule has 3 amide bonds. The zero-order valence-electron chi connectivity index (χ0n) is 23.3. The first-order valence-electron chi connectivity index (χ1n) is 14.2. The van der Waals surface area contributed by atoms with Crippen LogP contribution < -0.4 is 20.1 Å². The number of alkyl halides is 2. The first-order valence-corrected chi connectivity index (χ1v) is 14.2. The van der Waals surface area contributed by atoms with E-state index in [4.69, 9.17) is 4.74 Å². The lowest BCUT2D eigenvalue weighted by Crippen LogP contribution is -2.44. The normalized spacial score (nSPS) is 21.0. The van der Waals surface area contributed by atoms with E-state index in [2.05, 4.69) is 20.4 Å². The SMILES string of the molecule is CC(=O)N1CC(c2ccc(OC(F)F)c(OCC3CC3)c2)C[C@@H]1[C@@H](C)C(=O)NCc1cccc(C(=O)NC2CC2)n1. The number of rotatable bonds is 12. The van der Waals surface area contributed by atoms with Crippen LogP contribution >= 0.6 is 0 Å². The number of aromatic nitrogens is 1. The molecule has 2 N–H and O–H groups in total. The van der Waals surface area contributed by atoms with Crippen molar-refractivity contribution in [2.24, 2.45) is 11.8 Å². The molecule has 41 heavy (non-hydrogen) atoms. The van der Waals surface area contributed by atoms with Gasteiger partial charge in [0.25, 0.3) is 5.91 Å². The zero-order chi connectivity index (χ0) is 29.1. The summed E-state index contributed by atoms with van der Waals surface area (Å²) in [6.45, 7) is 1.29. The van der Waals surface area contributed by atoms with Gasteiger partial charge in [0.2, 0.25) is 11.8 Å². The molecule has 1 saturated heterocycles. The van der Waals surface area contributed by atoms with E-state index >= 15 is 0 Å². The predicted octanol–water partition coefficient (Wildman–Crippen LogP) is 4.02. The third-order valence-corrected chi connectivity index (χ3v) is 7.96. The molecule has 0 spiro atoms. The van der Waals surface area contributed by atoms with Crippen LogP contribution in [0.1, 0.15) is 73.6 Å². The van der Waals surface area contributed by atoms with Gasteiger partial charge in [0.15, 0.2) is 11.5 Å². The lowest BCUT2D eigenvalue weighted by molar-refractivity contribution is -0.133. The Morgan fingerprint density at radius 3 is 2.56 bits per heavy atom. The molecule has 0 bridgehead atoms. The fourth-order valence-corrected chi connectivity index (χ4v) is 5.23. The number of hydrogen-bond acceptors (Lipinski definition) is 6. The minimum absolute atomic E-state index is 0.0159. The molecule has 0 radical (unpaired) electrons. The highest BCUT2D eigenvalue weighted by atomic mass is 19.3. The molecule has 1 aromatic heterocycles. The summed E-state index contributed by atoms with van der Waals surface area (Å²) in [4.78, 5) is 44.1. The Morgan fingerprint density at radius 1 is 1.10 bits per heavy atom. The molecule has 9 nitrogen and oxygen atoms in total. The van der Waals surface area contributed by atoms with Gasteiger partial charge in [-0.25, -0.2) is 4.98 Å². The Kier molecular flexibility index (Phi) is 8.70. The van der Waals surface area contributed by atoms with E-state index in [1.165, 1.54) is 13.0 Å². The highest BCUT2D eigenvalue weighted by Crippen LogP contribution is 2.40. The van der Waals surface area contributed by atoms with Gasteiger partial charge >= 0.3 is 6.61 Å². The number of hydrogen-bond donors (Lipinski definition) is 2. The summed E-state index contributed by atoms with van der Waals surface area (Å²) < 4.78 is 36.4. The summed E-state index contributed by atoms with van der Waals surface area (Å²) in [6, 6.07) is 9.91. The van der Waals surface area contributed by atoms with E-state index in [1.807, 2.05) is 0 Å².